The van der Waals surface area contributed by atoms with Crippen LogP contribution in [0.1, 0.15) is 40.1 Å². The highest BCUT2D eigenvalue weighted by Crippen LogP contribution is 2.42. The molecule has 3 rings (SSSR count). The Labute approximate surface area is 211 Å². The number of nitrogens with two attached hydrogens (primary N) is 1. The summed E-state index contributed by atoms with van der Waals surface area (Å²) < 4.78 is 78.5. The number of halogens is 6. The number of primary amides is 1. The van der Waals surface area contributed by atoms with E-state index in [1.54, 1.807) is 0 Å². The summed E-state index contributed by atoms with van der Waals surface area (Å²) >= 11 is 13.1. The number of piperidine rings is 1. The van der Waals surface area contributed by atoms with E-state index in [0.29, 0.717) is 18.3 Å². The minimum atomic E-state index is -4.84. The number of carbonyl (C=O) groups is 2. The summed E-state index contributed by atoms with van der Waals surface area (Å²) in [6.45, 7) is 0.836. The lowest BCUT2D eigenvalue weighted by Crippen LogP contribution is -2.43. The van der Waals surface area contributed by atoms with Gasteiger partial charge in [-0.05, 0) is 25.8 Å². The van der Waals surface area contributed by atoms with Gasteiger partial charge in [0.2, 0.25) is 10.0 Å². The van der Waals surface area contributed by atoms with Crippen molar-refractivity contribution in [3.63, 3.8) is 0 Å². The lowest BCUT2D eigenvalue weighted by Gasteiger charge is -2.28. The molecule has 16 heteroatoms. The van der Waals surface area contributed by atoms with E-state index >= 15 is 0 Å². The Balaban J connectivity index is 2.05. The zero-order valence-electron chi connectivity index (χ0n) is 17.8. The average Bonchev–Trinajstić information content (AvgIpc) is 3.20. The molecule has 8 nitrogen and oxygen atoms in total. The van der Waals surface area contributed by atoms with Crippen LogP contribution in [0.15, 0.2) is 17.0 Å². The molecule has 0 unspecified atom stereocenters. The molecule has 1 aliphatic heterocycles. The number of thiazole rings is 1. The number of aromatic nitrogens is 1. The third-order valence-electron chi connectivity index (χ3n) is 5.16. The fourth-order valence-electron chi connectivity index (χ4n) is 3.23. The largest absolute Gasteiger partial charge is 0.404 e. The fourth-order valence-corrected chi connectivity index (χ4v) is 6.32. The standard InChI is InChI=1S/C19H18Cl2F4N4O4S2/c1-8(19(23,24)25)28-35(32,33)11-3-2-10(12(20)13(11)21)15-14(27-17(34-15)16(26)30)18(31)29-6-4-9(22)5-7-29/h2-3,8-9,28H,4-7H2,1H3,(H2,26,30)/t8-/m0/s1. The molecule has 192 valence electrons. The Kier molecular flexibility index (Phi) is 8.01. The van der Waals surface area contributed by atoms with Gasteiger partial charge in [0.05, 0.1) is 14.9 Å². The summed E-state index contributed by atoms with van der Waals surface area (Å²) in [7, 11) is -4.74. The third kappa shape index (κ3) is 5.88. The molecule has 2 amide bonds. The van der Waals surface area contributed by atoms with E-state index < -0.39 is 55.2 Å². The summed E-state index contributed by atoms with van der Waals surface area (Å²) in [5.74, 6) is -1.57. The summed E-state index contributed by atoms with van der Waals surface area (Å²) in [6, 6.07) is -0.356. The topological polar surface area (TPSA) is 122 Å². The van der Waals surface area contributed by atoms with Gasteiger partial charge < -0.3 is 10.6 Å². The van der Waals surface area contributed by atoms with Gasteiger partial charge in [-0.1, -0.05) is 29.3 Å². The van der Waals surface area contributed by atoms with Crippen LogP contribution in [-0.4, -0.2) is 61.6 Å². The van der Waals surface area contributed by atoms with Crippen molar-refractivity contribution in [3.8, 4) is 10.4 Å². The molecule has 0 spiro atoms. The van der Waals surface area contributed by atoms with E-state index in [-0.39, 0.29) is 47.1 Å². The maximum Gasteiger partial charge on any atom is 0.404 e. The van der Waals surface area contributed by atoms with E-state index in [9.17, 15) is 35.6 Å². The number of benzene rings is 1. The van der Waals surface area contributed by atoms with E-state index in [2.05, 4.69) is 4.98 Å². The maximum absolute atomic E-state index is 13.5. The molecule has 2 aromatic rings. The monoisotopic (exact) mass is 576 g/mol. The molecular formula is C19H18Cl2F4N4O4S2. The second kappa shape index (κ2) is 10.2. The summed E-state index contributed by atoms with van der Waals surface area (Å²) in [4.78, 5) is 29.5. The second-order valence-electron chi connectivity index (χ2n) is 7.65. The zero-order valence-corrected chi connectivity index (χ0v) is 21.0. The first-order valence-electron chi connectivity index (χ1n) is 9.95. The lowest BCUT2D eigenvalue weighted by atomic mass is 10.1. The van der Waals surface area contributed by atoms with Crippen LogP contribution in [0.25, 0.3) is 10.4 Å². The Hall–Kier alpha value is -2.00. The molecule has 1 atom stereocenters. The maximum atomic E-state index is 13.5. The number of nitrogens with one attached hydrogen (secondary N) is 1. The predicted molar refractivity (Wildman–Crippen MR) is 122 cm³/mol. The summed E-state index contributed by atoms with van der Waals surface area (Å²) in [5.41, 5.74) is 5.08. The highest BCUT2D eigenvalue weighted by atomic mass is 35.5. The number of amides is 2. The van der Waals surface area contributed by atoms with E-state index in [1.165, 1.54) is 9.62 Å². The van der Waals surface area contributed by atoms with Gasteiger partial charge in [0, 0.05) is 18.7 Å². The number of carbonyl (C=O) groups excluding carboxylic acids is 2. The lowest BCUT2D eigenvalue weighted by molar-refractivity contribution is -0.147. The Morgan fingerprint density at radius 2 is 1.83 bits per heavy atom. The first-order chi connectivity index (χ1) is 16.1. The van der Waals surface area contributed by atoms with Crippen LogP contribution >= 0.6 is 34.5 Å². The number of rotatable bonds is 6. The SMILES string of the molecule is C[C@H](NS(=O)(=O)c1ccc(-c2sc(C(N)=O)nc2C(=O)N2CCC(F)CC2)c(Cl)c1Cl)C(F)(F)F. The van der Waals surface area contributed by atoms with Crippen molar-refractivity contribution in [1.29, 1.82) is 0 Å². The Morgan fingerprint density at radius 3 is 2.37 bits per heavy atom. The molecule has 1 fully saturated rings. The Bertz CT molecular complexity index is 1260. The second-order valence-corrected chi connectivity index (χ2v) is 11.1. The van der Waals surface area contributed by atoms with Crippen molar-refractivity contribution in [2.45, 2.75) is 43.1 Å². The molecular weight excluding hydrogens is 559 g/mol. The number of alkyl halides is 4. The molecule has 0 saturated carbocycles. The highest BCUT2D eigenvalue weighted by Gasteiger charge is 2.39. The van der Waals surface area contributed by atoms with Crippen LogP contribution in [-0.2, 0) is 10.0 Å². The minimum absolute atomic E-state index is 0.00761. The molecule has 2 heterocycles. The first-order valence-corrected chi connectivity index (χ1v) is 13.0. The smallest absolute Gasteiger partial charge is 0.364 e. The van der Waals surface area contributed by atoms with E-state index in [1.807, 2.05) is 0 Å². The molecule has 1 aromatic carbocycles. The van der Waals surface area contributed by atoms with Gasteiger partial charge in [-0.25, -0.2) is 17.8 Å². The molecule has 1 saturated heterocycles. The van der Waals surface area contributed by atoms with Crippen LogP contribution in [0.5, 0.6) is 0 Å². The minimum Gasteiger partial charge on any atom is -0.364 e. The quantitative estimate of drug-likeness (QED) is 0.503. The van der Waals surface area contributed by atoms with Gasteiger partial charge in [-0.2, -0.15) is 17.9 Å². The summed E-state index contributed by atoms with van der Waals surface area (Å²) in [5, 5.41) is -1.24. The number of hydrogen-bond donors (Lipinski definition) is 2. The van der Waals surface area contributed by atoms with Gasteiger partial charge in [0.1, 0.15) is 22.8 Å². The van der Waals surface area contributed by atoms with Gasteiger partial charge in [0.15, 0.2) is 5.01 Å². The molecule has 3 N–H and O–H groups in total. The summed E-state index contributed by atoms with van der Waals surface area (Å²) in [6.07, 6.45) is -5.65. The van der Waals surface area contributed by atoms with Gasteiger partial charge in [-0.15, -0.1) is 11.3 Å². The van der Waals surface area contributed by atoms with Crippen molar-refractivity contribution in [2.75, 3.05) is 13.1 Å². The molecule has 0 radical (unpaired) electrons. The van der Waals surface area contributed by atoms with Crippen molar-refractivity contribution in [1.82, 2.24) is 14.6 Å². The third-order valence-corrected chi connectivity index (χ3v) is 8.84. The number of sulfonamides is 1. The van der Waals surface area contributed by atoms with Crippen LogP contribution in [0.2, 0.25) is 10.0 Å². The molecule has 0 bridgehead atoms. The van der Waals surface area contributed by atoms with Gasteiger partial charge in [0.25, 0.3) is 11.8 Å². The molecule has 35 heavy (non-hydrogen) atoms. The Morgan fingerprint density at radius 1 is 1.23 bits per heavy atom. The highest BCUT2D eigenvalue weighted by molar-refractivity contribution is 7.89. The molecule has 0 aliphatic carbocycles. The van der Waals surface area contributed by atoms with Crippen LogP contribution in [0.3, 0.4) is 0 Å². The molecule has 1 aliphatic rings. The molecule has 1 aromatic heterocycles. The number of hydrogen-bond acceptors (Lipinski definition) is 6. The zero-order chi connectivity index (χ0) is 26.3. The van der Waals surface area contributed by atoms with E-state index in [4.69, 9.17) is 28.9 Å². The average molecular weight is 577 g/mol. The number of nitrogens with zero attached hydrogens (tertiary/aromatic N) is 2. The van der Waals surface area contributed by atoms with Crippen molar-refractivity contribution < 1.29 is 35.6 Å². The van der Waals surface area contributed by atoms with Crippen LogP contribution < -0.4 is 10.5 Å². The first kappa shape index (κ1) is 27.6. The fraction of sp³-hybridized carbons (Fsp3) is 0.421. The van der Waals surface area contributed by atoms with Gasteiger partial charge >= 0.3 is 6.18 Å². The van der Waals surface area contributed by atoms with E-state index in [0.717, 1.165) is 12.1 Å². The number of likely N-dealkylation sites (tertiary alicyclic amines) is 1. The van der Waals surface area contributed by atoms with Crippen molar-refractivity contribution >= 4 is 56.4 Å². The van der Waals surface area contributed by atoms with Crippen molar-refractivity contribution in [3.05, 3.63) is 32.9 Å². The van der Waals surface area contributed by atoms with Crippen LogP contribution in [0, 0.1) is 0 Å². The van der Waals surface area contributed by atoms with Gasteiger partial charge in [-0.3, -0.25) is 9.59 Å². The predicted octanol–water partition coefficient (Wildman–Crippen LogP) is 4.02. The normalized spacial score (nSPS) is 16.4. The van der Waals surface area contributed by atoms with Crippen molar-refractivity contribution in [2.24, 2.45) is 5.73 Å². The van der Waals surface area contributed by atoms with Crippen LogP contribution in [0.4, 0.5) is 17.6 Å².